The summed E-state index contributed by atoms with van der Waals surface area (Å²) < 4.78 is 7.13. The summed E-state index contributed by atoms with van der Waals surface area (Å²) in [4.78, 5) is 0. The fraction of sp³-hybridized carbons (Fsp3) is 0.722. The topological polar surface area (TPSA) is 23.8 Å². The van der Waals surface area contributed by atoms with Crippen LogP contribution in [0.5, 0.6) is 0 Å². The minimum atomic E-state index is -2.12. The van der Waals surface area contributed by atoms with E-state index in [0.29, 0.717) is 0 Å². The fourth-order valence-corrected chi connectivity index (χ4v) is 17.1. The summed E-state index contributed by atoms with van der Waals surface area (Å²) in [6, 6.07) is 2.14. The van der Waals surface area contributed by atoms with Gasteiger partial charge in [-0.3, -0.25) is 0 Å². The van der Waals surface area contributed by atoms with Crippen molar-refractivity contribution >= 4 is 18.4 Å². The molecule has 0 amide bonds. The quantitative estimate of drug-likeness (QED) is 0.230. The predicted octanol–water partition coefficient (Wildman–Crippen LogP) is 6.40. The SMILES string of the molecule is CCC[CH2][Sn](/[CH]=C/C(C)=C/C#N)([CH2]CCC)[CH2]CCC. The second-order valence-corrected chi connectivity index (χ2v) is 19.0. The molecule has 0 unspecified atom stereocenters. The summed E-state index contributed by atoms with van der Waals surface area (Å²) >= 11 is -2.12. The molecule has 0 saturated heterocycles. The van der Waals surface area contributed by atoms with Gasteiger partial charge in [0.2, 0.25) is 0 Å². The standard InChI is InChI=1S/C6H6N.3C4H9.Sn/c1-3-6(2)4-5-7;3*1-3-4-2;/h1,3-4H,2H3;3*1,3-4H2,2H3;/b3-1?,6-4+;;;;. The van der Waals surface area contributed by atoms with Crippen molar-refractivity contribution in [1.29, 1.82) is 5.26 Å². The van der Waals surface area contributed by atoms with Crippen LogP contribution >= 0.6 is 0 Å². The van der Waals surface area contributed by atoms with E-state index < -0.39 is 18.4 Å². The molecule has 2 heteroatoms. The Kier molecular flexibility index (Phi) is 12.4. The zero-order chi connectivity index (χ0) is 15.3. The van der Waals surface area contributed by atoms with Crippen LogP contribution in [0.3, 0.4) is 0 Å². The van der Waals surface area contributed by atoms with Gasteiger partial charge in [-0.1, -0.05) is 0 Å². The number of allylic oxidation sites excluding steroid dienone is 3. The summed E-state index contributed by atoms with van der Waals surface area (Å²) in [6.45, 7) is 8.97. The van der Waals surface area contributed by atoms with Gasteiger partial charge in [0.1, 0.15) is 0 Å². The van der Waals surface area contributed by atoms with Gasteiger partial charge in [0.05, 0.1) is 0 Å². The molecule has 0 heterocycles. The third kappa shape index (κ3) is 8.84. The molecule has 0 saturated carbocycles. The average Bonchev–Trinajstić information content (AvgIpc) is 2.46. The number of hydrogen-bond donors (Lipinski definition) is 0. The molecule has 0 bridgehead atoms. The molecule has 1 nitrogen and oxygen atoms in total. The van der Waals surface area contributed by atoms with Crippen LogP contribution in [0.1, 0.15) is 66.2 Å². The maximum atomic E-state index is 8.75. The molecule has 0 aromatic heterocycles. The van der Waals surface area contributed by atoms with E-state index in [-0.39, 0.29) is 0 Å². The van der Waals surface area contributed by atoms with E-state index in [4.69, 9.17) is 5.26 Å². The van der Waals surface area contributed by atoms with Gasteiger partial charge >= 0.3 is 131 Å². The Bertz CT molecular complexity index is 314. The summed E-state index contributed by atoms with van der Waals surface area (Å²) in [5.74, 6) is 0. The van der Waals surface area contributed by atoms with Gasteiger partial charge in [0.15, 0.2) is 0 Å². The normalized spacial score (nSPS) is 12.8. The van der Waals surface area contributed by atoms with Gasteiger partial charge in [-0.15, -0.1) is 0 Å². The Hall–Kier alpha value is -0.231. The molecule has 0 spiro atoms. The maximum absolute atomic E-state index is 8.75. The van der Waals surface area contributed by atoms with Crippen LogP contribution in [-0.2, 0) is 0 Å². The van der Waals surface area contributed by atoms with Crippen molar-refractivity contribution in [2.75, 3.05) is 0 Å². The van der Waals surface area contributed by atoms with Gasteiger partial charge in [0, 0.05) is 0 Å². The molecule has 0 N–H and O–H groups in total. The van der Waals surface area contributed by atoms with Crippen molar-refractivity contribution in [3.8, 4) is 6.07 Å². The molecular weight excluding hydrogens is 349 g/mol. The summed E-state index contributed by atoms with van der Waals surface area (Å²) in [6.07, 6.45) is 12.1. The van der Waals surface area contributed by atoms with Gasteiger partial charge in [0.25, 0.3) is 0 Å². The second-order valence-electron chi connectivity index (χ2n) is 6.02. The van der Waals surface area contributed by atoms with Crippen molar-refractivity contribution in [3.05, 3.63) is 21.8 Å². The van der Waals surface area contributed by atoms with E-state index >= 15 is 0 Å². The van der Waals surface area contributed by atoms with Crippen LogP contribution in [0, 0.1) is 11.3 Å². The Labute approximate surface area is 131 Å². The number of rotatable bonds is 11. The molecule has 0 rings (SSSR count). The van der Waals surface area contributed by atoms with E-state index in [1.165, 1.54) is 51.8 Å². The van der Waals surface area contributed by atoms with Crippen LogP contribution in [0.25, 0.3) is 0 Å². The number of nitrogens with zero attached hydrogens (tertiary/aromatic N) is 1. The average molecular weight is 382 g/mol. The van der Waals surface area contributed by atoms with Crippen LogP contribution in [0.4, 0.5) is 0 Å². The first-order valence-electron chi connectivity index (χ1n) is 8.39. The van der Waals surface area contributed by atoms with E-state index in [1.54, 1.807) is 6.08 Å². The zero-order valence-corrected chi connectivity index (χ0v) is 16.9. The summed E-state index contributed by atoms with van der Waals surface area (Å²) in [5, 5.41) is 8.75. The Balaban J connectivity index is 5.02. The van der Waals surface area contributed by atoms with Crippen molar-refractivity contribution in [1.82, 2.24) is 0 Å². The first kappa shape index (κ1) is 19.8. The molecule has 0 aromatic rings. The summed E-state index contributed by atoms with van der Waals surface area (Å²) in [5.41, 5.74) is 1.12. The first-order valence-corrected chi connectivity index (χ1v) is 16.1. The van der Waals surface area contributed by atoms with Crippen LogP contribution < -0.4 is 0 Å². The van der Waals surface area contributed by atoms with E-state index in [2.05, 4.69) is 43.9 Å². The third-order valence-electron chi connectivity index (χ3n) is 4.08. The van der Waals surface area contributed by atoms with Crippen molar-refractivity contribution in [3.63, 3.8) is 0 Å². The summed E-state index contributed by atoms with van der Waals surface area (Å²) in [7, 11) is 0. The minimum absolute atomic E-state index is 1.12. The molecule has 0 atom stereocenters. The molecule has 0 radical (unpaired) electrons. The molecule has 0 aliphatic heterocycles. The van der Waals surface area contributed by atoms with E-state index in [9.17, 15) is 0 Å². The molecule has 114 valence electrons. The first-order chi connectivity index (χ1) is 9.64. The van der Waals surface area contributed by atoms with Crippen molar-refractivity contribution < 1.29 is 0 Å². The fourth-order valence-electron chi connectivity index (χ4n) is 2.67. The number of hydrogen-bond acceptors (Lipinski definition) is 1. The van der Waals surface area contributed by atoms with Crippen molar-refractivity contribution in [2.45, 2.75) is 79.5 Å². The molecule has 20 heavy (non-hydrogen) atoms. The predicted molar refractivity (Wildman–Crippen MR) is 93.4 cm³/mol. The van der Waals surface area contributed by atoms with Gasteiger partial charge in [-0.05, 0) is 0 Å². The monoisotopic (exact) mass is 383 g/mol. The van der Waals surface area contributed by atoms with Crippen molar-refractivity contribution in [2.24, 2.45) is 0 Å². The number of nitriles is 1. The molecule has 0 aromatic carbocycles. The Morgan fingerprint density at radius 2 is 1.40 bits per heavy atom. The van der Waals surface area contributed by atoms with Gasteiger partial charge < -0.3 is 0 Å². The Morgan fingerprint density at radius 3 is 1.75 bits per heavy atom. The molecular formula is C18H33NSn. The molecule has 0 fully saturated rings. The van der Waals surface area contributed by atoms with Crippen LogP contribution in [0.2, 0.25) is 13.3 Å². The molecule has 0 aliphatic rings. The van der Waals surface area contributed by atoms with Crippen LogP contribution in [-0.4, -0.2) is 18.4 Å². The molecule has 0 aliphatic carbocycles. The van der Waals surface area contributed by atoms with Crippen LogP contribution in [0.15, 0.2) is 21.8 Å². The second kappa shape index (κ2) is 12.5. The number of unbranched alkanes of at least 4 members (excludes halogenated alkanes) is 3. The van der Waals surface area contributed by atoms with Gasteiger partial charge in [-0.2, -0.15) is 0 Å². The Morgan fingerprint density at radius 1 is 0.950 bits per heavy atom. The third-order valence-corrected chi connectivity index (χ3v) is 18.1. The van der Waals surface area contributed by atoms with Gasteiger partial charge in [-0.25, -0.2) is 0 Å². The van der Waals surface area contributed by atoms with E-state index in [1.807, 2.05) is 0 Å². The van der Waals surface area contributed by atoms with E-state index in [0.717, 1.165) is 5.57 Å². The zero-order valence-electron chi connectivity index (χ0n) is 14.0.